The van der Waals surface area contributed by atoms with Crippen molar-refractivity contribution in [2.75, 3.05) is 0 Å². The molecule has 74 valence electrons. The van der Waals surface area contributed by atoms with Gasteiger partial charge in [-0.3, -0.25) is 0 Å². The number of rotatable bonds is 2. The number of hydrogen-bond donors (Lipinski definition) is 0. The minimum Gasteiger partial charge on any atom is -0.361 e. The van der Waals surface area contributed by atoms with Crippen LogP contribution >= 0.6 is 0 Å². The van der Waals surface area contributed by atoms with E-state index in [0.29, 0.717) is 6.42 Å². The molecule has 0 radical (unpaired) electrons. The van der Waals surface area contributed by atoms with E-state index in [1.54, 1.807) is 0 Å². The Kier molecular flexibility index (Phi) is 2.15. The summed E-state index contributed by atoms with van der Waals surface area (Å²) in [5.74, 6) is -0.385. The first kappa shape index (κ1) is 9.40. The average Bonchev–Trinajstić information content (AvgIpc) is 2.21. The van der Waals surface area contributed by atoms with Crippen LogP contribution in [0, 0.1) is 0 Å². The van der Waals surface area contributed by atoms with Gasteiger partial charge in [0.2, 0.25) is 15.8 Å². The first-order chi connectivity index (χ1) is 6.71. The van der Waals surface area contributed by atoms with E-state index in [0.717, 1.165) is 5.56 Å². The lowest BCUT2D eigenvalue weighted by atomic mass is 9.95. The van der Waals surface area contributed by atoms with Gasteiger partial charge in [0, 0.05) is 0 Å². The molecule has 3 nitrogen and oxygen atoms in total. The Labute approximate surface area is 84.7 Å². The van der Waals surface area contributed by atoms with E-state index >= 15 is 0 Å². The van der Waals surface area contributed by atoms with Crippen LogP contribution in [-0.2, 0) is 24.8 Å². The van der Waals surface area contributed by atoms with Gasteiger partial charge in [-0.15, -0.1) is 0 Å². The molecular weight excluding hydrogens is 200 g/mol. The Morgan fingerprint density at radius 3 is 2.43 bits per heavy atom. The summed E-state index contributed by atoms with van der Waals surface area (Å²) in [5.41, 5.74) is 0.775. The fourth-order valence-electron chi connectivity index (χ4n) is 1.63. The monoisotopic (exact) mass is 210 g/mol. The smallest absolute Gasteiger partial charge is 0.347 e. The van der Waals surface area contributed by atoms with Crippen molar-refractivity contribution < 1.29 is 13.2 Å². The predicted molar refractivity (Wildman–Crippen MR) is 52.6 cm³/mol. The zero-order chi connectivity index (χ0) is 10.2. The maximum absolute atomic E-state index is 11.5. The molecule has 0 aliphatic carbocycles. The van der Waals surface area contributed by atoms with E-state index in [2.05, 4.69) is 4.18 Å². The molecule has 0 saturated carbocycles. The quantitative estimate of drug-likeness (QED) is 0.743. The van der Waals surface area contributed by atoms with Crippen molar-refractivity contribution >= 4 is 17.0 Å². The van der Waals surface area contributed by atoms with E-state index in [9.17, 15) is 9.00 Å². The zero-order valence-corrected chi connectivity index (χ0v) is 8.54. The summed E-state index contributed by atoms with van der Waals surface area (Å²) in [6.07, 6.45) is 0.502. The van der Waals surface area contributed by atoms with E-state index < -0.39 is 15.8 Å². The van der Waals surface area contributed by atoms with Crippen molar-refractivity contribution in [3.05, 3.63) is 35.9 Å². The van der Waals surface area contributed by atoms with Crippen LogP contribution in [0.25, 0.3) is 0 Å². The third-order valence-corrected chi connectivity index (χ3v) is 4.07. The molecule has 1 aromatic carbocycles. The molecule has 0 aromatic heterocycles. The molecule has 2 unspecified atom stereocenters. The lowest BCUT2D eigenvalue weighted by Crippen LogP contribution is -2.51. The normalized spacial score (nSPS) is 30.6. The Balaban J connectivity index is 2.49. The predicted octanol–water partition coefficient (Wildman–Crippen LogP) is 1.51. The first-order valence-corrected chi connectivity index (χ1v) is 5.49. The maximum Gasteiger partial charge on any atom is 0.347 e. The molecule has 1 heterocycles. The number of benzene rings is 1. The summed E-state index contributed by atoms with van der Waals surface area (Å²) in [7, 11) is 0. The van der Waals surface area contributed by atoms with Crippen LogP contribution in [0.4, 0.5) is 0 Å². The third kappa shape index (κ3) is 1.04. The van der Waals surface area contributed by atoms with Crippen LogP contribution in [0.15, 0.2) is 30.3 Å². The van der Waals surface area contributed by atoms with Crippen LogP contribution < -0.4 is 0 Å². The van der Waals surface area contributed by atoms with Crippen LogP contribution in [0.1, 0.15) is 18.9 Å². The highest BCUT2D eigenvalue weighted by Gasteiger charge is 2.57. The molecule has 1 aliphatic heterocycles. The molecule has 0 spiro atoms. The molecule has 14 heavy (non-hydrogen) atoms. The number of carbonyl (C=O) groups is 1. The Morgan fingerprint density at radius 1 is 1.36 bits per heavy atom. The van der Waals surface area contributed by atoms with Gasteiger partial charge in [-0.05, 0) is 12.0 Å². The van der Waals surface area contributed by atoms with Crippen molar-refractivity contribution in [2.45, 2.75) is 18.1 Å². The molecule has 1 aromatic rings. The Morgan fingerprint density at radius 2 is 2.00 bits per heavy atom. The van der Waals surface area contributed by atoms with Gasteiger partial charge in [0.25, 0.3) is 0 Å². The van der Waals surface area contributed by atoms with Gasteiger partial charge in [0.15, 0.2) is 0 Å². The van der Waals surface area contributed by atoms with Crippen molar-refractivity contribution in [3.63, 3.8) is 0 Å². The van der Waals surface area contributed by atoms with Crippen molar-refractivity contribution in [1.29, 1.82) is 0 Å². The van der Waals surface area contributed by atoms with Gasteiger partial charge in [0.05, 0.1) is 0 Å². The van der Waals surface area contributed by atoms with Gasteiger partial charge >= 0.3 is 5.97 Å². The molecule has 1 fully saturated rings. The Hall–Kier alpha value is -1.16. The summed E-state index contributed by atoms with van der Waals surface area (Å²) in [4.78, 5) is 11.4. The molecule has 0 amide bonds. The molecule has 0 N–H and O–H groups in total. The largest absolute Gasteiger partial charge is 0.361 e. The average molecular weight is 210 g/mol. The van der Waals surface area contributed by atoms with Crippen molar-refractivity contribution in [1.82, 2.24) is 0 Å². The third-order valence-electron chi connectivity index (χ3n) is 2.50. The van der Waals surface area contributed by atoms with Gasteiger partial charge < -0.3 is 4.18 Å². The highest BCUT2D eigenvalue weighted by Crippen LogP contribution is 2.41. The first-order valence-electron chi connectivity index (χ1n) is 4.42. The minimum absolute atomic E-state index is 0.385. The second-order valence-electron chi connectivity index (χ2n) is 3.15. The van der Waals surface area contributed by atoms with Gasteiger partial charge in [-0.25, -0.2) is 9.00 Å². The molecule has 4 heteroatoms. The maximum atomic E-state index is 11.5. The van der Waals surface area contributed by atoms with Gasteiger partial charge in [0.1, 0.15) is 0 Å². The highest BCUT2D eigenvalue weighted by molar-refractivity contribution is 7.84. The fraction of sp³-hybridized carbons (Fsp3) is 0.300. The highest BCUT2D eigenvalue weighted by atomic mass is 32.2. The Bertz CT molecular complexity index is 372. The summed E-state index contributed by atoms with van der Waals surface area (Å²) in [5, 5.41) is 0. The van der Waals surface area contributed by atoms with Crippen LogP contribution in [0.5, 0.6) is 0 Å². The number of carbonyl (C=O) groups excluding carboxylic acids is 1. The molecule has 2 rings (SSSR count). The molecular formula is C10H10O3S. The summed E-state index contributed by atoms with van der Waals surface area (Å²) >= 11 is -1.52. The van der Waals surface area contributed by atoms with Crippen molar-refractivity contribution in [2.24, 2.45) is 0 Å². The molecule has 1 saturated heterocycles. The summed E-state index contributed by atoms with van der Waals surface area (Å²) in [6, 6.07) is 9.13. The van der Waals surface area contributed by atoms with Gasteiger partial charge in [-0.2, -0.15) is 0 Å². The van der Waals surface area contributed by atoms with Crippen LogP contribution in [0.2, 0.25) is 0 Å². The van der Waals surface area contributed by atoms with E-state index in [1.807, 2.05) is 37.3 Å². The molecule has 0 bridgehead atoms. The minimum atomic E-state index is -1.52. The topological polar surface area (TPSA) is 43.4 Å². The lowest BCUT2D eigenvalue weighted by molar-refractivity contribution is -0.142. The second-order valence-corrected chi connectivity index (χ2v) is 4.49. The second kappa shape index (κ2) is 3.20. The van der Waals surface area contributed by atoms with E-state index in [1.165, 1.54) is 0 Å². The fourth-order valence-corrected chi connectivity index (χ4v) is 2.68. The molecule has 1 aliphatic rings. The van der Waals surface area contributed by atoms with Crippen LogP contribution in [0.3, 0.4) is 0 Å². The van der Waals surface area contributed by atoms with E-state index in [-0.39, 0.29) is 5.97 Å². The van der Waals surface area contributed by atoms with Gasteiger partial charge in [-0.1, -0.05) is 37.3 Å². The standard InChI is InChI=1S/C10H10O3S/c1-2-10(9(11)13-14(10)12)8-6-4-3-5-7-8/h3-7H,2H2,1H3. The SMILES string of the molecule is CCC1(c2ccccc2)C(=O)OS1=O. The summed E-state index contributed by atoms with van der Waals surface area (Å²) in [6.45, 7) is 1.84. The molecule has 2 atom stereocenters. The van der Waals surface area contributed by atoms with Crippen LogP contribution in [-0.4, -0.2) is 10.2 Å². The zero-order valence-electron chi connectivity index (χ0n) is 7.73. The lowest BCUT2D eigenvalue weighted by Gasteiger charge is -2.35. The van der Waals surface area contributed by atoms with Crippen molar-refractivity contribution in [3.8, 4) is 0 Å². The number of hydrogen-bond acceptors (Lipinski definition) is 3. The van der Waals surface area contributed by atoms with E-state index in [4.69, 9.17) is 0 Å². The summed E-state index contributed by atoms with van der Waals surface area (Å²) < 4.78 is 15.1.